The van der Waals surface area contributed by atoms with Crippen LogP contribution in [-0.4, -0.2) is 124 Å². The number of carbonyl (C=O) groups is 4. The lowest BCUT2D eigenvalue weighted by atomic mass is 9.73. The third-order valence-corrected chi connectivity index (χ3v) is 15.2. The zero-order valence-corrected chi connectivity index (χ0v) is 37.8. The molecule has 6 saturated heterocycles. The summed E-state index contributed by atoms with van der Waals surface area (Å²) < 4.78 is 48.8. The van der Waals surface area contributed by atoms with Crippen molar-refractivity contribution in [1.29, 1.82) is 0 Å². The Balaban J connectivity index is 0.000000166. The van der Waals surface area contributed by atoms with E-state index in [4.69, 9.17) is 18.9 Å². The largest absolute Gasteiger partial charge is 0.465 e. The lowest BCUT2D eigenvalue weighted by Gasteiger charge is -2.48. The van der Waals surface area contributed by atoms with Crippen LogP contribution in [-0.2, 0) is 31.8 Å². The van der Waals surface area contributed by atoms with Gasteiger partial charge in [0.15, 0.2) is 0 Å². The highest BCUT2D eigenvalue weighted by Crippen LogP contribution is 2.43. The maximum Gasteiger partial charge on any atom is 0.410 e. The molecular weight excluding hydrogens is 847 g/mol. The van der Waals surface area contributed by atoms with Gasteiger partial charge in [0.25, 0.3) is 0 Å². The number of amides is 2. The van der Waals surface area contributed by atoms with Gasteiger partial charge in [-0.3, -0.25) is 9.80 Å². The van der Waals surface area contributed by atoms with Crippen LogP contribution in [0.2, 0.25) is 0 Å². The van der Waals surface area contributed by atoms with E-state index in [-0.39, 0.29) is 34.7 Å². The molecule has 4 aromatic carbocycles. The van der Waals surface area contributed by atoms with Crippen LogP contribution < -0.4 is 0 Å². The average molecular weight is 905 g/mol. The minimum atomic E-state index is -0.403. The van der Waals surface area contributed by atoms with Crippen molar-refractivity contribution in [3.63, 3.8) is 0 Å². The van der Waals surface area contributed by atoms with E-state index in [1.54, 1.807) is 46.2 Å². The number of piperidine rings is 6. The first-order chi connectivity index (χ1) is 32.0. The van der Waals surface area contributed by atoms with Gasteiger partial charge in [-0.15, -0.1) is 0 Å². The standard InChI is InChI=1S/2C26H29FN2O4/c2*1-32-24(30)20-4-7-22-19(16-20)8-12-29(23(22)18-2-5-21(27)6-3-18)25(31)33-17-26-9-13-28(14-10-26)15-11-26/h2*2-7,16,23H,8-15,17H2,1H3/t2*23-/m10/s1. The van der Waals surface area contributed by atoms with Crippen molar-refractivity contribution in [2.24, 2.45) is 10.8 Å². The second-order valence-electron chi connectivity index (χ2n) is 18.9. The van der Waals surface area contributed by atoms with Gasteiger partial charge in [0, 0.05) is 23.9 Å². The van der Waals surface area contributed by atoms with Crippen molar-refractivity contribution in [1.82, 2.24) is 19.6 Å². The van der Waals surface area contributed by atoms with E-state index >= 15 is 0 Å². The summed E-state index contributed by atoms with van der Waals surface area (Å²) in [5, 5.41) is 0. The summed E-state index contributed by atoms with van der Waals surface area (Å²) in [6.07, 6.45) is 6.95. The highest BCUT2D eigenvalue weighted by molar-refractivity contribution is 5.90. The molecule has 4 aromatic rings. The molecule has 8 aliphatic heterocycles. The molecule has 0 aromatic heterocycles. The molecule has 0 aliphatic carbocycles. The van der Waals surface area contributed by atoms with Crippen LogP contribution in [0, 0.1) is 22.5 Å². The molecule has 0 N–H and O–H groups in total. The van der Waals surface area contributed by atoms with E-state index in [9.17, 15) is 28.0 Å². The molecule has 2 atom stereocenters. The van der Waals surface area contributed by atoms with Crippen molar-refractivity contribution in [2.45, 2.75) is 63.5 Å². The van der Waals surface area contributed by atoms with Gasteiger partial charge in [-0.1, -0.05) is 36.4 Å². The van der Waals surface area contributed by atoms with Gasteiger partial charge < -0.3 is 28.7 Å². The maximum absolute atomic E-state index is 13.6. The van der Waals surface area contributed by atoms with Gasteiger partial charge in [-0.2, -0.15) is 0 Å². The summed E-state index contributed by atoms with van der Waals surface area (Å²) in [6.45, 7) is 8.28. The van der Waals surface area contributed by atoms with Crippen molar-refractivity contribution in [2.75, 3.05) is 79.8 Å². The Labute approximate surface area is 384 Å². The summed E-state index contributed by atoms with van der Waals surface area (Å²) >= 11 is 0. The number of nitrogens with zero attached hydrogens (tertiary/aromatic N) is 4. The van der Waals surface area contributed by atoms with E-state index in [0.717, 1.165) is 111 Å². The second-order valence-corrected chi connectivity index (χ2v) is 18.9. The van der Waals surface area contributed by atoms with Crippen LogP contribution in [0.25, 0.3) is 0 Å². The number of carbonyl (C=O) groups excluding carboxylic acids is 4. The zero-order chi connectivity index (χ0) is 46.0. The number of rotatable bonds is 8. The highest BCUT2D eigenvalue weighted by Gasteiger charge is 2.43. The summed E-state index contributed by atoms with van der Waals surface area (Å²) in [5.41, 5.74) is 6.57. The number of hydrogen-bond acceptors (Lipinski definition) is 10. The molecule has 2 amide bonds. The molecule has 12 nitrogen and oxygen atoms in total. The Morgan fingerprint density at radius 2 is 0.864 bits per heavy atom. The van der Waals surface area contributed by atoms with Crippen LogP contribution in [0.1, 0.15) is 105 Å². The fraction of sp³-hybridized carbons (Fsp3) is 0.462. The van der Waals surface area contributed by atoms with Gasteiger partial charge >= 0.3 is 24.1 Å². The van der Waals surface area contributed by atoms with Crippen molar-refractivity contribution in [3.8, 4) is 0 Å². The quantitative estimate of drug-likeness (QED) is 0.126. The molecule has 6 fully saturated rings. The lowest BCUT2D eigenvalue weighted by molar-refractivity contribution is -0.0301. The molecule has 4 bridgehead atoms. The Hall–Kier alpha value is -5.86. The van der Waals surface area contributed by atoms with E-state index < -0.39 is 24.0 Å². The number of halogens is 2. The molecule has 0 spiro atoms. The van der Waals surface area contributed by atoms with Crippen molar-refractivity contribution >= 4 is 24.1 Å². The number of hydrogen-bond donors (Lipinski definition) is 0. The third kappa shape index (κ3) is 9.40. The molecule has 14 heteroatoms. The smallest absolute Gasteiger partial charge is 0.410 e. The molecule has 0 saturated carbocycles. The Morgan fingerprint density at radius 1 is 0.515 bits per heavy atom. The topological polar surface area (TPSA) is 118 Å². The number of ether oxygens (including phenoxy) is 4. The van der Waals surface area contributed by atoms with Gasteiger partial charge in [0.1, 0.15) is 11.6 Å². The predicted octanol–water partition coefficient (Wildman–Crippen LogP) is 8.36. The van der Waals surface area contributed by atoms with E-state index in [2.05, 4.69) is 9.80 Å². The number of benzene rings is 4. The van der Waals surface area contributed by atoms with E-state index in [0.29, 0.717) is 50.3 Å². The fourth-order valence-corrected chi connectivity index (χ4v) is 11.0. The summed E-state index contributed by atoms with van der Waals surface area (Å²) in [5.74, 6) is -1.44. The first-order valence-corrected chi connectivity index (χ1v) is 23.2. The van der Waals surface area contributed by atoms with E-state index in [1.165, 1.54) is 38.5 Å². The average Bonchev–Trinajstić information content (AvgIpc) is 3.37. The molecule has 12 rings (SSSR count). The molecule has 8 aliphatic rings. The van der Waals surface area contributed by atoms with Crippen molar-refractivity contribution in [3.05, 3.63) is 141 Å². The van der Waals surface area contributed by atoms with Crippen LogP contribution in [0.5, 0.6) is 0 Å². The number of fused-ring (bicyclic) bond motifs is 8. The summed E-state index contributed by atoms with van der Waals surface area (Å²) in [6, 6.07) is 22.5. The third-order valence-electron chi connectivity index (χ3n) is 15.2. The molecular formula is C52H58F2N4O8. The van der Waals surface area contributed by atoms with Crippen LogP contribution in [0.15, 0.2) is 84.9 Å². The van der Waals surface area contributed by atoms with Crippen molar-refractivity contribution < 1.29 is 46.9 Å². The Bertz CT molecular complexity index is 2230. The molecule has 8 heterocycles. The number of methoxy groups -OCH3 is 2. The summed E-state index contributed by atoms with van der Waals surface area (Å²) in [7, 11) is 2.72. The van der Waals surface area contributed by atoms with E-state index in [1.807, 2.05) is 24.3 Å². The fourth-order valence-electron chi connectivity index (χ4n) is 11.0. The molecule has 0 radical (unpaired) electrons. The molecule has 348 valence electrons. The first-order valence-electron chi connectivity index (χ1n) is 23.2. The highest BCUT2D eigenvalue weighted by atomic mass is 19.1. The van der Waals surface area contributed by atoms with Gasteiger partial charge in [-0.05, 0) is 173 Å². The van der Waals surface area contributed by atoms with Crippen LogP contribution in [0.4, 0.5) is 18.4 Å². The lowest BCUT2D eigenvalue weighted by Crippen LogP contribution is -2.51. The molecule has 0 unspecified atom stereocenters. The summed E-state index contributed by atoms with van der Waals surface area (Å²) in [4.78, 5) is 59.1. The Morgan fingerprint density at radius 3 is 1.20 bits per heavy atom. The SMILES string of the molecule is COC(=O)c1ccc2c(c1)CCN(C(=O)OCC13CCN(CC1)CC3)[C@@H]2c1ccc(F)cc1.COC(=O)c1ccc2c(c1)CCN(C(=O)OCC13CCN(CC1)CC3)[C@H]2c1ccc(F)cc1. The predicted molar refractivity (Wildman–Crippen MR) is 241 cm³/mol. The minimum absolute atomic E-state index is 0.0961. The minimum Gasteiger partial charge on any atom is -0.465 e. The van der Waals surface area contributed by atoms with Gasteiger partial charge in [-0.25, -0.2) is 28.0 Å². The second kappa shape index (κ2) is 19.2. The number of esters is 2. The first kappa shape index (κ1) is 45.3. The van der Waals surface area contributed by atoms with Gasteiger partial charge in [0.2, 0.25) is 0 Å². The Kier molecular flexibility index (Phi) is 13.2. The van der Waals surface area contributed by atoms with Crippen LogP contribution in [0.3, 0.4) is 0 Å². The monoisotopic (exact) mass is 904 g/mol. The zero-order valence-electron chi connectivity index (χ0n) is 37.8. The normalized spacial score (nSPS) is 25.9. The van der Waals surface area contributed by atoms with Crippen LogP contribution >= 0.6 is 0 Å². The maximum atomic E-state index is 13.6. The van der Waals surface area contributed by atoms with Gasteiger partial charge in [0.05, 0.1) is 50.6 Å². The molecule has 66 heavy (non-hydrogen) atoms.